The maximum absolute atomic E-state index is 14.4. The first kappa shape index (κ1) is 19.0. The molecule has 0 unspecified atom stereocenters. The highest BCUT2D eigenvalue weighted by atomic mass is 35.5. The van der Waals surface area contributed by atoms with Crippen LogP contribution in [-0.2, 0) is 15.0 Å². The summed E-state index contributed by atoms with van der Waals surface area (Å²) in [4.78, 5) is 23.1. The second-order valence-corrected chi connectivity index (χ2v) is 7.28. The molecule has 0 bridgehead atoms. The second kappa shape index (κ2) is 6.46. The molecule has 3 N–H and O–H groups in total. The normalized spacial score (nSPS) is 32.1. The summed E-state index contributed by atoms with van der Waals surface area (Å²) in [7, 11) is 0. The lowest BCUT2D eigenvalue weighted by Gasteiger charge is -2.25. The van der Waals surface area contributed by atoms with Gasteiger partial charge < -0.3 is 10.6 Å². The first-order valence-electron chi connectivity index (χ1n) is 8.66. The first-order chi connectivity index (χ1) is 11.9. The van der Waals surface area contributed by atoms with Crippen molar-refractivity contribution < 1.29 is 18.4 Å². The Labute approximate surface area is 156 Å². The third-order valence-electron chi connectivity index (χ3n) is 5.90. The molecule has 0 spiro atoms. The number of benzene rings is 1. The molecule has 3 atom stereocenters. The van der Waals surface area contributed by atoms with E-state index in [4.69, 9.17) is 0 Å². The van der Waals surface area contributed by atoms with Gasteiger partial charge in [0, 0.05) is 18.7 Å². The number of hydrogen-bond acceptors (Lipinski definition) is 4. The molecule has 1 aromatic carbocycles. The van der Waals surface area contributed by atoms with Gasteiger partial charge in [0.2, 0.25) is 11.8 Å². The van der Waals surface area contributed by atoms with E-state index < -0.39 is 23.3 Å². The summed E-state index contributed by atoms with van der Waals surface area (Å²) in [6, 6.07) is 4.86. The molecule has 1 aromatic rings. The van der Waals surface area contributed by atoms with Gasteiger partial charge in [0.1, 0.15) is 6.04 Å². The van der Waals surface area contributed by atoms with Crippen LogP contribution in [0.2, 0.25) is 0 Å². The number of piperidine rings is 2. The number of aryl methyl sites for hydroxylation is 1. The third-order valence-corrected chi connectivity index (χ3v) is 5.90. The Balaban J connectivity index is 0.00000196. The van der Waals surface area contributed by atoms with E-state index in [0.717, 1.165) is 11.3 Å². The van der Waals surface area contributed by atoms with Crippen LogP contribution in [-0.4, -0.2) is 36.9 Å². The van der Waals surface area contributed by atoms with Crippen molar-refractivity contribution in [2.45, 2.75) is 43.6 Å². The van der Waals surface area contributed by atoms with Gasteiger partial charge in [-0.2, -0.15) is 0 Å². The van der Waals surface area contributed by atoms with Crippen LogP contribution >= 0.6 is 12.4 Å². The standard InChI is InChI=1S/C18H21F2N3O2.ClH/c1-10-8-11(17-6-7-21-9-14(17)18(17,19)20)2-3-12(10)22-13-4-5-15(24)23-16(13)25;/h2-3,8,13-14,21-22H,4-7,9H2,1H3,(H,23,24,25);1H/t13-,14-,17-;/m1./s1. The average molecular weight is 386 g/mol. The molecule has 2 heterocycles. The van der Waals surface area contributed by atoms with Crippen LogP contribution in [0, 0.1) is 12.8 Å². The van der Waals surface area contributed by atoms with Crippen LogP contribution in [0.5, 0.6) is 0 Å². The van der Waals surface area contributed by atoms with E-state index in [0.29, 0.717) is 37.9 Å². The van der Waals surface area contributed by atoms with E-state index in [2.05, 4.69) is 16.0 Å². The van der Waals surface area contributed by atoms with Crippen molar-refractivity contribution in [3.63, 3.8) is 0 Å². The molecule has 5 nitrogen and oxygen atoms in total. The highest BCUT2D eigenvalue weighted by molar-refractivity contribution is 6.01. The maximum Gasteiger partial charge on any atom is 0.263 e. The number of amides is 2. The number of alkyl halides is 2. The van der Waals surface area contributed by atoms with Crippen molar-refractivity contribution in [3.8, 4) is 0 Å². The predicted octanol–water partition coefficient (Wildman–Crippen LogP) is 2.13. The lowest BCUT2D eigenvalue weighted by Crippen LogP contribution is -2.47. The number of anilines is 1. The van der Waals surface area contributed by atoms with Gasteiger partial charge in [0.15, 0.2) is 0 Å². The highest BCUT2D eigenvalue weighted by Crippen LogP contribution is 2.69. The molecule has 0 aromatic heterocycles. The van der Waals surface area contributed by atoms with Gasteiger partial charge in [-0.3, -0.25) is 14.9 Å². The molecule has 1 aliphatic carbocycles. The minimum atomic E-state index is -2.67. The Bertz CT molecular complexity index is 758. The Morgan fingerprint density at radius 2 is 2.04 bits per heavy atom. The number of fused-ring (bicyclic) bond motifs is 1. The zero-order chi connectivity index (χ0) is 17.8. The number of imide groups is 1. The van der Waals surface area contributed by atoms with E-state index in [9.17, 15) is 18.4 Å². The van der Waals surface area contributed by atoms with Crippen molar-refractivity contribution >= 4 is 29.9 Å². The fourth-order valence-electron chi connectivity index (χ4n) is 4.37. The lowest BCUT2D eigenvalue weighted by molar-refractivity contribution is -0.133. The summed E-state index contributed by atoms with van der Waals surface area (Å²) in [5.74, 6) is -3.91. The van der Waals surface area contributed by atoms with Crippen LogP contribution in [0.1, 0.15) is 30.4 Å². The number of rotatable bonds is 3. The summed E-state index contributed by atoms with van der Waals surface area (Å²) in [5.41, 5.74) is 1.20. The summed E-state index contributed by atoms with van der Waals surface area (Å²) in [6.45, 7) is 2.80. The molecule has 1 saturated carbocycles. The quantitative estimate of drug-likeness (QED) is 0.697. The van der Waals surface area contributed by atoms with Crippen molar-refractivity contribution in [1.29, 1.82) is 0 Å². The van der Waals surface area contributed by atoms with Crippen molar-refractivity contribution in [3.05, 3.63) is 29.3 Å². The van der Waals surface area contributed by atoms with Crippen molar-refractivity contribution in [2.24, 2.45) is 5.92 Å². The Morgan fingerprint density at radius 3 is 2.69 bits per heavy atom. The zero-order valence-corrected chi connectivity index (χ0v) is 15.2. The van der Waals surface area contributed by atoms with Crippen molar-refractivity contribution in [2.75, 3.05) is 18.4 Å². The first-order valence-corrected chi connectivity index (χ1v) is 8.66. The predicted molar refractivity (Wildman–Crippen MR) is 95.8 cm³/mol. The minimum Gasteiger partial charge on any atom is -0.373 e. The number of hydrogen-bond donors (Lipinski definition) is 3. The van der Waals surface area contributed by atoms with Gasteiger partial charge in [0.25, 0.3) is 5.92 Å². The van der Waals surface area contributed by atoms with Gasteiger partial charge in [-0.1, -0.05) is 12.1 Å². The number of carbonyl (C=O) groups excluding carboxylic acids is 2. The maximum atomic E-state index is 14.4. The monoisotopic (exact) mass is 385 g/mol. The van der Waals surface area contributed by atoms with E-state index in [1.165, 1.54) is 0 Å². The summed E-state index contributed by atoms with van der Waals surface area (Å²) in [5, 5.41) is 8.49. The topological polar surface area (TPSA) is 70.2 Å². The molecule has 4 rings (SSSR count). The van der Waals surface area contributed by atoms with Gasteiger partial charge in [-0.25, -0.2) is 8.78 Å². The number of nitrogens with one attached hydrogen (secondary N) is 3. The Hall–Kier alpha value is -1.73. The number of halogens is 3. The van der Waals surface area contributed by atoms with Gasteiger partial charge in [0.05, 0.1) is 11.3 Å². The summed E-state index contributed by atoms with van der Waals surface area (Å²) < 4.78 is 28.8. The molecular formula is C18H22ClF2N3O2. The third kappa shape index (κ3) is 2.68. The number of carbonyl (C=O) groups is 2. The molecular weight excluding hydrogens is 364 g/mol. The van der Waals surface area contributed by atoms with Crippen LogP contribution in [0.4, 0.5) is 14.5 Å². The average Bonchev–Trinajstić information content (AvgIpc) is 3.09. The molecule has 142 valence electrons. The fourth-order valence-corrected chi connectivity index (χ4v) is 4.37. The molecule has 8 heteroatoms. The van der Waals surface area contributed by atoms with E-state index in [1.54, 1.807) is 12.1 Å². The van der Waals surface area contributed by atoms with Crippen LogP contribution < -0.4 is 16.0 Å². The minimum absolute atomic E-state index is 0. The smallest absolute Gasteiger partial charge is 0.263 e. The van der Waals surface area contributed by atoms with E-state index >= 15 is 0 Å². The molecule has 0 radical (unpaired) electrons. The van der Waals surface area contributed by atoms with Crippen LogP contribution in [0.15, 0.2) is 18.2 Å². The SMILES string of the molecule is Cc1cc([C@]23CCNC[C@H]2C3(F)F)ccc1N[C@@H]1CCC(=O)NC1=O.Cl. The highest BCUT2D eigenvalue weighted by Gasteiger charge is 2.80. The zero-order valence-electron chi connectivity index (χ0n) is 14.4. The summed E-state index contributed by atoms with van der Waals surface area (Å²) >= 11 is 0. The fraction of sp³-hybridized carbons (Fsp3) is 0.556. The Kier molecular flexibility index (Phi) is 4.73. The summed E-state index contributed by atoms with van der Waals surface area (Å²) in [6.07, 6.45) is 1.16. The Morgan fingerprint density at radius 1 is 1.27 bits per heavy atom. The van der Waals surface area contributed by atoms with Gasteiger partial charge in [-0.15, -0.1) is 12.4 Å². The largest absolute Gasteiger partial charge is 0.373 e. The molecule has 2 amide bonds. The molecule has 2 aliphatic heterocycles. The van der Waals surface area contributed by atoms with Gasteiger partial charge in [-0.05, 0) is 43.5 Å². The molecule has 2 saturated heterocycles. The van der Waals surface area contributed by atoms with Gasteiger partial charge >= 0.3 is 0 Å². The van der Waals surface area contributed by atoms with Crippen LogP contribution in [0.3, 0.4) is 0 Å². The van der Waals surface area contributed by atoms with Crippen LogP contribution in [0.25, 0.3) is 0 Å². The van der Waals surface area contributed by atoms with E-state index in [1.807, 2.05) is 13.0 Å². The molecule has 3 fully saturated rings. The van der Waals surface area contributed by atoms with E-state index in [-0.39, 0.29) is 24.2 Å². The molecule has 3 aliphatic rings. The lowest BCUT2D eigenvalue weighted by atomic mass is 9.86. The van der Waals surface area contributed by atoms with Crippen molar-refractivity contribution in [1.82, 2.24) is 10.6 Å². The molecule has 26 heavy (non-hydrogen) atoms. The second-order valence-electron chi connectivity index (χ2n) is 7.28.